The Morgan fingerprint density at radius 3 is 2.21 bits per heavy atom. The maximum Gasteiger partial charge on any atom is 0.226 e. The molecule has 92 valence electrons. The Morgan fingerprint density at radius 2 is 1.53 bits per heavy atom. The van der Waals surface area contributed by atoms with Gasteiger partial charge < -0.3 is 4.42 Å². The lowest BCUT2D eigenvalue weighted by molar-refractivity contribution is 0.574. The maximum absolute atomic E-state index is 5.49. The van der Waals surface area contributed by atoms with Crippen LogP contribution in [0.3, 0.4) is 0 Å². The fraction of sp³-hybridized carbons (Fsp3) is 0. The number of hydrogen-bond acceptors (Lipinski definition) is 3. The zero-order chi connectivity index (χ0) is 13.1. The molecule has 2 aromatic carbocycles. The Kier molecular flexibility index (Phi) is 3.21. The molecule has 0 aliphatic heterocycles. The molecule has 1 aromatic heterocycles. The highest BCUT2D eigenvalue weighted by Gasteiger charge is 2.11. The van der Waals surface area contributed by atoms with E-state index in [2.05, 4.69) is 4.98 Å². The second-order valence-corrected chi connectivity index (χ2v) is 4.51. The van der Waals surface area contributed by atoms with Crippen LogP contribution >= 0.6 is 12.2 Å². The third-order valence-corrected chi connectivity index (χ3v) is 3.24. The number of hydrogen-bond donors (Lipinski definition) is 0. The highest BCUT2D eigenvalue weighted by molar-refractivity contribution is 7.81. The number of oxazole rings is 1. The summed E-state index contributed by atoms with van der Waals surface area (Å²) in [6.07, 6.45) is 1.61. The summed E-state index contributed by atoms with van der Waals surface area (Å²) in [5.74, 6) is 0.592. The number of thiocarbonyl (C=S) groups is 1. The van der Waals surface area contributed by atoms with Gasteiger partial charge in [-0.1, -0.05) is 60.7 Å². The van der Waals surface area contributed by atoms with Crippen LogP contribution in [0.25, 0.3) is 11.5 Å². The van der Waals surface area contributed by atoms with Crippen molar-refractivity contribution in [1.29, 1.82) is 0 Å². The molecule has 19 heavy (non-hydrogen) atoms. The van der Waals surface area contributed by atoms with Crippen LogP contribution in [-0.2, 0) is 0 Å². The van der Waals surface area contributed by atoms with Crippen LogP contribution < -0.4 is 0 Å². The Balaban J connectivity index is 1.92. The first-order valence-corrected chi connectivity index (χ1v) is 6.36. The summed E-state index contributed by atoms with van der Waals surface area (Å²) in [4.78, 5) is 5.15. The van der Waals surface area contributed by atoms with Crippen molar-refractivity contribution in [2.45, 2.75) is 0 Å². The lowest BCUT2D eigenvalue weighted by Crippen LogP contribution is -1.99. The summed E-state index contributed by atoms with van der Waals surface area (Å²) in [5.41, 5.74) is 2.62. The first-order valence-electron chi connectivity index (χ1n) is 5.95. The number of benzene rings is 2. The van der Waals surface area contributed by atoms with Crippen LogP contribution in [0.15, 0.2) is 71.3 Å². The monoisotopic (exact) mass is 265 g/mol. The van der Waals surface area contributed by atoms with E-state index in [1.807, 2.05) is 60.7 Å². The average molecular weight is 265 g/mol. The third kappa shape index (κ3) is 2.46. The minimum Gasteiger partial charge on any atom is -0.444 e. The fourth-order valence-electron chi connectivity index (χ4n) is 1.83. The quantitative estimate of drug-likeness (QED) is 0.526. The van der Waals surface area contributed by atoms with E-state index in [1.54, 1.807) is 6.26 Å². The SMILES string of the molecule is S=C(c1ccccc1)c1coc(-c2ccccc2)n1. The van der Waals surface area contributed by atoms with Gasteiger partial charge in [0.1, 0.15) is 12.0 Å². The Morgan fingerprint density at radius 1 is 0.895 bits per heavy atom. The van der Waals surface area contributed by atoms with Gasteiger partial charge in [-0.15, -0.1) is 0 Å². The molecule has 0 aliphatic carbocycles. The van der Waals surface area contributed by atoms with Crippen LogP contribution in [0, 0.1) is 0 Å². The van der Waals surface area contributed by atoms with E-state index in [-0.39, 0.29) is 0 Å². The highest BCUT2D eigenvalue weighted by Crippen LogP contribution is 2.19. The lowest BCUT2D eigenvalue weighted by Gasteiger charge is -1.98. The van der Waals surface area contributed by atoms with Gasteiger partial charge in [0, 0.05) is 5.56 Å². The zero-order valence-electron chi connectivity index (χ0n) is 10.1. The summed E-state index contributed by atoms with van der Waals surface area (Å²) in [7, 11) is 0. The van der Waals surface area contributed by atoms with Crippen molar-refractivity contribution in [2.24, 2.45) is 0 Å². The van der Waals surface area contributed by atoms with Gasteiger partial charge in [-0.3, -0.25) is 0 Å². The Hall–Kier alpha value is -2.26. The van der Waals surface area contributed by atoms with Gasteiger partial charge in [-0.05, 0) is 17.7 Å². The largest absolute Gasteiger partial charge is 0.444 e. The summed E-state index contributed by atoms with van der Waals surface area (Å²) in [6, 6.07) is 19.6. The topological polar surface area (TPSA) is 26.0 Å². The van der Waals surface area contributed by atoms with Gasteiger partial charge in [0.05, 0.1) is 4.86 Å². The predicted molar refractivity (Wildman–Crippen MR) is 79.2 cm³/mol. The van der Waals surface area contributed by atoms with Crippen molar-refractivity contribution in [3.05, 3.63) is 78.2 Å². The molecular formula is C16H11NOS. The predicted octanol–water partition coefficient (Wildman–Crippen LogP) is 4.11. The van der Waals surface area contributed by atoms with Crippen LogP contribution in [0.2, 0.25) is 0 Å². The molecule has 3 rings (SSSR count). The normalized spacial score (nSPS) is 10.3. The van der Waals surface area contributed by atoms with E-state index < -0.39 is 0 Å². The number of rotatable bonds is 3. The first kappa shape index (κ1) is 11.8. The van der Waals surface area contributed by atoms with Gasteiger partial charge in [-0.25, -0.2) is 4.98 Å². The second kappa shape index (κ2) is 5.16. The van der Waals surface area contributed by atoms with Gasteiger partial charge in [-0.2, -0.15) is 0 Å². The van der Waals surface area contributed by atoms with E-state index in [4.69, 9.17) is 16.6 Å². The van der Waals surface area contributed by atoms with E-state index in [1.165, 1.54) is 0 Å². The van der Waals surface area contributed by atoms with Crippen LogP contribution in [-0.4, -0.2) is 9.85 Å². The molecule has 1 heterocycles. The number of nitrogens with zero attached hydrogens (tertiary/aromatic N) is 1. The van der Waals surface area contributed by atoms with Crippen molar-refractivity contribution < 1.29 is 4.42 Å². The van der Waals surface area contributed by atoms with Gasteiger partial charge >= 0.3 is 0 Å². The standard InChI is InChI=1S/C16H11NOS/c19-15(12-7-3-1-4-8-12)14-11-18-16(17-14)13-9-5-2-6-10-13/h1-11H. The van der Waals surface area contributed by atoms with Gasteiger partial charge in [0.2, 0.25) is 5.89 Å². The van der Waals surface area contributed by atoms with Crippen LogP contribution in [0.1, 0.15) is 11.3 Å². The Bertz CT molecular complexity index is 689. The highest BCUT2D eigenvalue weighted by atomic mass is 32.1. The smallest absolute Gasteiger partial charge is 0.226 e. The molecule has 0 atom stereocenters. The molecule has 0 aliphatic rings. The zero-order valence-corrected chi connectivity index (χ0v) is 10.9. The molecule has 0 radical (unpaired) electrons. The molecule has 0 bridgehead atoms. The maximum atomic E-state index is 5.49. The van der Waals surface area contributed by atoms with Crippen molar-refractivity contribution in [3.8, 4) is 11.5 Å². The molecule has 3 heteroatoms. The van der Waals surface area contributed by atoms with E-state index >= 15 is 0 Å². The molecule has 0 saturated carbocycles. The third-order valence-electron chi connectivity index (χ3n) is 2.79. The summed E-state index contributed by atoms with van der Waals surface area (Å²) in [6.45, 7) is 0. The molecule has 3 aromatic rings. The molecule has 0 N–H and O–H groups in total. The summed E-state index contributed by atoms with van der Waals surface area (Å²) < 4.78 is 5.49. The fourth-order valence-corrected chi connectivity index (χ4v) is 2.06. The van der Waals surface area contributed by atoms with Crippen molar-refractivity contribution in [2.75, 3.05) is 0 Å². The Labute approximate surface area is 116 Å². The molecule has 0 fully saturated rings. The van der Waals surface area contributed by atoms with Crippen molar-refractivity contribution in [3.63, 3.8) is 0 Å². The lowest BCUT2D eigenvalue weighted by atomic mass is 10.1. The summed E-state index contributed by atoms with van der Waals surface area (Å²) in [5, 5.41) is 0. The van der Waals surface area contributed by atoms with Crippen molar-refractivity contribution >= 4 is 17.1 Å². The molecule has 0 spiro atoms. The first-order chi connectivity index (χ1) is 9.34. The molecule has 2 nitrogen and oxygen atoms in total. The molecule has 0 unspecified atom stereocenters. The molecule has 0 saturated heterocycles. The average Bonchev–Trinajstić information content (AvgIpc) is 2.98. The molecule has 0 amide bonds. The molecular weight excluding hydrogens is 254 g/mol. The second-order valence-electron chi connectivity index (χ2n) is 4.10. The minimum atomic E-state index is 0.592. The van der Waals surface area contributed by atoms with Gasteiger partial charge in [0.15, 0.2) is 0 Å². The minimum absolute atomic E-state index is 0.592. The van der Waals surface area contributed by atoms with E-state index in [9.17, 15) is 0 Å². The summed E-state index contributed by atoms with van der Waals surface area (Å²) >= 11 is 5.43. The van der Waals surface area contributed by atoms with Crippen molar-refractivity contribution in [1.82, 2.24) is 4.98 Å². The van der Waals surface area contributed by atoms with Crippen LogP contribution in [0.4, 0.5) is 0 Å². The van der Waals surface area contributed by atoms with Gasteiger partial charge in [0.25, 0.3) is 0 Å². The van der Waals surface area contributed by atoms with E-state index in [0.29, 0.717) is 16.4 Å². The van der Waals surface area contributed by atoms with E-state index in [0.717, 1.165) is 11.1 Å². The van der Waals surface area contributed by atoms with Crippen LogP contribution in [0.5, 0.6) is 0 Å². The number of aromatic nitrogens is 1.